The van der Waals surface area contributed by atoms with Crippen LogP contribution in [0.1, 0.15) is 11.1 Å². The van der Waals surface area contributed by atoms with Gasteiger partial charge in [0.15, 0.2) is 0 Å². The summed E-state index contributed by atoms with van der Waals surface area (Å²) in [5, 5.41) is 6.46. The van der Waals surface area contributed by atoms with E-state index in [1.54, 1.807) is 11.8 Å². The number of rotatable bonds is 5. The van der Waals surface area contributed by atoms with Crippen molar-refractivity contribution < 1.29 is 4.79 Å². The van der Waals surface area contributed by atoms with E-state index in [1.807, 2.05) is 24.3 Å². The van der Waals surface area contributed by atoms with E-state index in [2.05, 4.69) is 42.5 Å². The van der Waals surface area contributed by atoms with Crippen LogP contribution in [0.4, 0.5) is 5.69 Å². The number of hydrogen-bond acceptors (Lipinski definition) is 4. The van der Waals surface area contributed by atoms with E-state index >= 15 is 0 Å². The molecular formula is C20H17Cl2N3O2S. The quantitative estimate of drug-likeness (QED) is 0.617. The normalized spacial score (nSPS) is 10.7. The summed E-state index contributed by atoms with van der Waals surface area (Å²) in [6.07, 6.45) is 1.23. The Morgan fingerprint density at radius 3 is 2.57 bits per heavy atom. The molecule has 0 aliphatic rings. The van der Waals surface area contributed by atoms with Crippen LogP contribution >= 0.6 is 35.0 Å². The minimum Gasteiger partial charge on any atom is -0.324 e. The zero-order valence-corrected chi connectivity index (χ0v) is 17.5. The van der Waals surface area contributed by atoms with E-state index in [1.165, 1.54) is 22.2 Å². The van der Waals surface area contributed by atoms with E-state index in [9.17, 15) is 9.59 Å². The molecule has 0 saturated carbocycles. The summed E-state index contributed by atoms with van der Waals surface area (Å²) in [5.74, 6) is -0.386. The number of amides is 1. The second kappa shape index (κ2) is 8.82. The molecule has 0 aliphatic heterocycles. The van der Waals surface area contributed by atoms with Crippen molar-refractivity contribution in [3.63, 3.8) is 0 Å². The number of anilines is 1. The number of carbonyl (C=O) groups is 1. The molecule has 3 aromatic rings. The first-order valence-electron chi connectivity index (χ1n) is 8.39. The molecule has 0 saturated heterocycles. The van der Waals surface area contributed by atoms with Gasteiger partial charge in [0.2, 0.25) is 5.91 Å². The third-order valence-electron chi connectivity index (χ3n) is 3.95. The maximum atomic E-state index is 12.2. The number of carbonyl (C=O) groups excluding carboxylic acids is 1. The van der Waals surface area contributed by atoms with E-state index < -0.39 is 5.56 Å². The predicted molar refractivity (Wildman–Crippen MR) is 114 cm³/mol. The molecule has 0 unspecified atom stereocenters. The molecule has 0 fully saturated rings. The monoisotopic (exact) mass is 433 g/mol. The summed E-state index contributed by atoms with van der Waals surface area (Å²) in [6, 6.07) is 13.8. The molecular weight excluding hydrogens is 417 g/mol. The van der Waals surface area contributed by atoms with Crippen LogP contribution in [-0.2, 0) is 11.3 Å². The highest BCUT2D eigenvalue weighted by molar-refractivity contribution is 7.99. The average Bonchev–Trinajstić information content (AvgIpc) is 2.67. The van der Waals surface area contributed by atoms with Gasteiger partial charge in [-0.2, -0.15) is 5.10 Å². The Kier molecular flexibility index (Phi) is 6.44. The molecule has 1 heterocycles. The summed E-state index contributed by atoms with van der Waals surface area (Å²) in [7, 11) is 0. The number of halogens is 2. The lowest BCUT2D eigenvalue weighted by atomic mass is 10.2. The van der Waals surface area contributed by atoms with Crippen molar-refractivity contribution in [2.24, 2.45) is 0 Å². The van der Waals surface area contributed by atoms with Crippen molar-refractivity contribution >= 4 is 46.6 Å². The second-order valence-electron chi connectivity index (χ2n) is 6.21. The van der Waals surface area contributed by atoms with Crippen molar-refractivity contribution in [2.75, 3.05) is 5.32 Å². The first-order valence-corrected chi connectivity index (χ1v) is 9.97. The highest BCUT2D eigenvalue weighted by Gasteiger charge is 2.11. The van der Waals surface area contributed by atoms with Gasteiger partial charge < -0.3 is 5.32 Å². The lowest BCUT2D eigenvalue weighted by Gasteiger charge is -2.09. The van der Waals surface area contributed by atoms with E-state index in [0.29, 0.717) is 5.69 Å². The summed E-state index contributed by atoms with van der Waals surface area (Å²) in [4.78, 5) is 26.4. The topological polar surface area (TPSA) is 64.0 Å². The summed E-state index contributed by atoms with van der Waals surface area (Å²) in [5.41, 5.74) is 2.45. The summed E-state index contributed by atoms with van der Waals surface area (Å²) >= 11 is 13.2. The SMILES string of the molecule is Cc1ccc(C)c(Sc2ccc(NC(=O)Cn3ncc(Cl)c(Cl)c3=O)cc2)c1. The number of hydrogen-bond donors (Lipinski definition) is 1. The van der Waals surface area contributed by atoms with Gasteiger partial charge in [-0.05, 0) is 55.3 Å². The van der Waals surface area contributed by atoms with Crippen molar-refractivity contribution in [3.05, 3.63) is 80.2 Å². The summed E-state index contributed by atoms with van der Waals surface area (Å²) < 4.78 is 0.967. The highest BCUT2D eigenvalue weighted by Crippen LogP contribution is 2.31. The lowest BCUT2D eigenvalue weighted by Crippen LogP contribution is -2.29. The zero-order valence-electron chi connectivity index (χ0n) is 15.2. The van der Waals surface area contributed by atoms with Gasteiger partial charge in [-0.3, -0.25) is 9.59 Å². The van der Waals surface area contributed by atoms with Crippen LogP contribution in [0.3, 0.4) is 0 Å². The van der Waals surface area contributed by atoms with Crippen LogP contribution in [0.5, 0.6) is 0 Å². The number of aromatic nitrogens is 2. The largest absolute Gasteiger partial charge is 0.324 e. The Bertz CT molecular complexity index is 1080. The van der Waals surface area contributed by atoms with Gasteiger partial charge in [-0.1, -0.05) is 47.1 Å². The number of aryl methyl sites for hydroxylation is 2. The molecule has 1 aromatic heterocycles. The molecule has 28 heavy (non-hydrogen) atoms. The molecule has 0 spiro atoms. The minimum atomic E-state index is -0.607. The predicted octanol–water partition coefficient (Wildman–Crippen LogP) is 4.96. The van der Waals surface area contributed by atoms with Gasteiger partial charge in [0, 0.05) is 15.5 Å². The number of benzene rings is 2. The molecule has 0 atom stereocenters. The fraction of sp³-hybridized carbons (Fsp3) is 0.150. The second-order valence-corrected chi connectivity index (χ2v) is 8.11. The third-order valence-corrected chi connectivity index (χ3v) is 5.86. The van der Waals surface area contributed by atoms with Crippen molar-refractivity contribution in [1.29, 1.82) is 0 Å². The Labute approximate surface area is 176 Å². The molecule has 0 radical (unpaired) electrons. The van der Waals surface area contributed by atoms with Crippen LogP contribution in [0.15, 0.2) is 63.2 Å². The standard InChI is InChI=1S/C20H17Cl2N3O2S/c1-12-3-4-13(2)17(9-12)28-15-7-5-14(6-8-15)24-18(26)11-25-20(27)19(22)16(21)10-23-25/h3-10H,11H2,1-2H3,(H,24,26). The van der Waals surface area contributed by atoms with Gasteiger partial charge in [-0.25, -0.2) is 4.68 Å². The van der Waals surface area contributed by atoms with Crippen molar-refractivity contribution in [3.8, 4) is 0 Å². The van der Waals surface area contributed by atoms with Gasteiger partial charge in [0.05, 0.1) is 11.2 Å². The molecule has 8 heteroatoms. The average molecular weight is 434 g/mol. The Hall–Kier alpha value is -2.28. The molecule has 3 rings (SSSR count). The molecule has 1 amide bonds. The Morgan fingerprint density at radius 1 is 1.14 bits per heavy atom. The fourth-order valence-electron chi connectivity index (χ4n) is 2.44. The minimum absolute atomic E-state index is 0.0558. The van der Waals surface area contributed by atoms with Gasteiger partial charge in [0.25, 0.3) is 5.56 Å². The molecule has 2 aromatic carbocycles. The number of nitrogens with one attached hydrogen (secondary N) is 1. The molecule has 5 nitrogen and oxygen atoms in total. The molecule has 0 bridgehead atoms. The first-order chi connectivity index (χ1) is 13.3. The van der Waals surface area contributed by atoms with Crippen LogP contribution < -0.4 is 10.9 Å². The van der Waals surface area contributed by atoms with Gasteiger partial charge >= 0.3 is 0 Å². The van der Waals surface area contributed by atoms with Crippen LogP contribution in [-0.4, -0.2) is 15.7 Å². The highest BCUT2D eigenvalue weighted by atomic mass is 35.5. The van der Waals surface area contributed by atoms with Crippen LogP contribution in [0.2, 0.25) is 10.0 Å². The third kappa shape index (κ3) is 4.95. The Morgan fingerprint density at radius 2 is 1.86 bits per heavy atom. The molecule has 144 valence electrons. The van der Waals surface area contributed by atoms with Gasteiger partial charge in [0.1, 0.15) is 11.6 Å². The maximum absolute atomic E-state index is 12.2. The van der Waals surface area contributed by atoms with Crippen LogP contribution in [0.25, 0.3) is 0 Å². The lowest BCUT2D eigenvalue weighted by molar-refractivity contribution is -0.117. The van der Waals surface area contributed by atoms with Crippen molar-refractivity contribution in [1.82, 2.24) is 9.78 Å². The fourth-order valence-corrected chi connectivity index (χ4v) is 3.72. The number of nitrogens with zero attached hydrogens (tertiary/aromatic N) is 2. The summed E-state index contributed by atoms with van der Waals surface area (Å²) in [6.45, 7) is 3.89. The van der Waals surface area contributed by atoms with E-state index in [0.717, 1.165) is 9.58 Å². The van der Waals surface area contributed by atoms with E-state index in [4.69, 9.17) is 23.2 Å². The molecule has 1 N–H and O–H groups in total. The molecule has 0 aliphatic carbocycles. The Balaban J connectivity index is 1.65. The maximum Gasteiger partial charge on any atom is 0.287 e. The first kappa shape index (κ1) is 20.5. The van der Waals surface area contributed by atoms with Gasteiger partial charge in [-0.15, -0.1) is 0 Å². The van der Waals surface area contributed by atoms with Crippen molar-refractivity contribution in [2.45, 2.75) is 30.2 Å². The zero-order chi connectivity index (χ0) is 20.3. The van der Waals surface area contributed by atoms with E-state index in [-0.39, 0.29) is 22.5 Å². The van der Waals surface area contributed by atoms with Crippen LogP contribution in [0, 0.1) is 13.8 Å². The smallest absolute Gasteiger partial charge is 0.287 e.